The lowest BCUT2D eigenvalue weighted by Crippen LogP contribution is -2.43. The van der Waals surface area contributed by atoms with Crippen LogP contribution in [-0.2, 0) is 0 Å². The molecule has 0 bridgehead atoms. The van der Waals surface area contributed by atoms with Crippen molar-refractivity contribution in [3.63, 3.8) is 0 Å². The molecule has 0 aliphatic rings. The molecular formula is C13H26O2Si. The van der Waals surface area contributed by atoms with Crippen molar-refractivity contribution < 1.29 is 10.2 Å². The van der Waals surface area contributed by atoms with Crippen LogP contribution in [0.4, 0.5) is 0 Å². The van der Waals surface area contributed by atoms with Gasteiger partial charge in [0.15, 0.2) is 0 Å². The lowest BCUT2D eigenvalue weighted by atomic mass is 10.4. The Bertz CT molecular complexity index is 239. The van der Waals surface area contributed by atoms with Crippen molar-refractivity contribution in [3.05, 3.63) is 0 Å². The van der Waals surface area contributed by atoms with Crippen LogP contribution in [0.15, 0.2) is 0 Å². The molecule has 2 N–H and O–H groups in total. The van der Waals surface area contributed by atoms with Crippen LogP contribution in [0.25, 0.3) is 0 Å². The van der Waals surface area contributed by atoms with Crippen LogP contribution >= 0.6 is 0 Å². The highest BCUT2D eigenvalue weighted by Crippen LogP contribution is 2.40. The second-order valence-corrected chi connectivity index (χ2v) is 10.9. The van der Waals surface area contributed by atoms with Gasteiger partial charge < -0.3 is 10.2 Å². The van der Waals surface area contributed by atoms with Gasteiger partial charge in [-0.25, -0.2) is 0 Å². The Morgan fingerprint density at radius 1 is 0.938 bits per heavy atom. The van der Waals surface area contributed by atoms with Crippen LogP contribution in [0.1, 0.15) is 41.5 Å². The highest BCUT2D eigenvalue weighted by atomic mass is 28.3. The van der Waals surface area contributed by atoms with Gasteiger partial charge in [0.25, 0.3) is 0 Å². The maximum absolute atomic E-state index is 9.37. The summed E-state index contributed by atoms with van der Waals surface area (Å²) < 4.78 is 0. The maximum atomic E-state index is 9.37. The van der Waals surface area contributed by atoms with E-state index >= 15 is 0 Å². The smallest absolute Gasteiger partial charge is 0.146 e. The first-order valence-corrected chi connectivity index (χ1v) is 8.33. The van der Waals surface area contributed by atoms with E-state index in [1.807, 2.05) is 0 Å². The number of aliphatic hydroxyl groups excluding tert-OH is 2. The van der Waals surface area contributed by atoms with Gasteiger partial charge in [-0.3, -0.25) is 0 Å². The molecule has 16 heavy (non-hydrogen) atoms. The largest absolute Gasteiger partial charge is 0.393 e. The molecule has 0 saturated carbocycles. The highest BCUT2D eigenvalue weighted by Gasteiger charge is 2.41. The van der Waals surface area contributed by atoms with Crippen molar-refractivity contribution >= 4 is 8.07 Å². The quantitative estimate of drug-likeness (QED) is 0.587. The molecule has 3 heteroatoms. The van der Waals surface area contributed by atoms with E-state index < -0.39 is 14.2 Å². The molecule has 0 heterocycles. The summed E-state index contributed by atoms with van der Waals surface area (Å²) in [6, 6.07) is 0. The fourth-order valence-electron chi connectivity index (χ4n) is 2.69. The van der Waals surface area contributed by atoms with E-state index in [1.54, 1.807) is 0 Å². The van der Waals surface area contributed by atoms with Gasteiger partial charge >= 0.3 is 0 Å². The van der Waals surface area contributed by atoms with E-state index in [0.717, 1.165) is 0 Å². The fraction of sp³-hybridized carbons (Fsp3) is 0.846. The van der Waals surface area contributed by atoms with Crippen molar-refractivity contribution in [1.29, 1.82) is 0 Å². The summed E-state index contributed by atoms with van der Waals surface area (Å²) in [6.07, 6.45) is -0.886. The Balaban J connectivity index is 5.26. The minimum Gasteiger partial charge on any atom is -0.393 e. The molecule has 94 valence electrons. The molecule has 0 radical (unpaired) electrons. The summed E-state index contributed by atoms with van der Waals surface area (Å²) in [7, 11) is -1.74. The molecule has 0 amide bonds. The molecule has 0 fully saturated rings. The van der Waals surface area contributed by atoms with Crippen molar-refractivity contribution in [2.24, 2.45) is 0 Å². The zero-order chi connectivity index (χ0) is 12.9. The minimum absolute atomic E-state index is 0.272. The van der Waals surface area contributed by atoms with Crippen LogP contribution < -0.4 is 0 Å². The number of hydrogen-bond acceptors (Lipinski definition) is 2. The maximum Gasteiger partial charge on any atom is 0.146 e. The number of hydrogen-bond donors (Lipinski definition) is 2. The van der Waals surface area contributed by atoms with Crippen LogP contribution in [0.3, 0.4) is 0 Å². The predicted octanol–water partition coefficient (Wildman–Crippen LogP) is 2.56. The average molecular weight is 242 g/mol. The molecule has 2 nitrogen and oxygen atoms in total. The highest BCUT2D eigenvalue weighted by molar-refractivity contribution is 6.90. The van der Waals surface area contributed by atoms with Crippen LogP contribution in [0.2, 0.25) is 16.6 Å². The van der Waals surface area contributed by atoms with Gasteiger partial charge in [-0.05, 0) is 16.6 Å². The Morgan fingerprint density at radius 2 is 1.31 bits per heavy atom. The third-order valence-electron chi connectivity index (χ3n) is 3.49. The summed E-state index contributed by atoms with van der Waals surface area (Å²) >= 11 is 0. The zero-order valence-electron chi connectivity index (χ0n) is 11.4. The Labute approximate surface area is 101 Å². The van der Waals surface area contributed by atoms with Gasteiger partial charge in [-0.15, -0.1) is 5.54 Å². The van der Waals surface area contributed by atoms with E-state index in [-0.39, 0.29) is 6.61 Å². The molecule has 0 rings (SSSR count). The molecular weight excluding hydrogens is 216 g/mol. The number of rotatable bonds is 4. The molecule has 0 saturated heterocycles. The first-order valence-electron chi connectivity index (χ1n) is 6.10. The summed E-state index contributed by atoms with van der Waals surface area (Å²) in [5.74, 6) is 2.83. The second-order valence-electron chi connectivity index (χ2n) is 5.36. The lowest BCUT2D eigenvalue weighted by Gasteiger charge is -2.38. The summed E-state index contributed by atoms with van der Waals surface area (Å²) in [6.45, 7) is 13.1. The molecule has 0 aromatic heterocycles. The van der Waals surface area contributed by atoms with E-state index in [1.165, 1.54) is 0 Å². The molecule has 0 spiro atoms. The van der Waals surface area contributed by atoms with Gasteiger partial charge in [0.1, 0.15) is 14.2 Å². The van der Waals surface area contributed by atoms with Crippen LogP contribution in [0, 0.1) is 11.5 Å². The average Bonchev–Trinajstić information content (AvgIpc) is 2.16. The summed E-state index contributed by atoms with van der Waals surface area (Å²) in [5, 5.41) is 18.2. The second kappa shape index (κ2) is 6.44. The van der Waals surface area contributed by atoms with E-state index in [2.05, 4.69) is 53.0 Å². The Hall–Kier alpha value is -0.303. The normalized spacial score (nSPS) is 14.2. The molecule has 0 unspecified atom stereocenters. The first kappa shape index (κ1) is 15.7. The van der Waals surface area contributed by atoms with E-state index in [4.69, 9.17) is 5.11 Å². The number of aliphatic hydroxyl groups is 2. The monoisotopic (exact) mass is 242 g/mol. The topological polar surface area (TPSA) is 40.5 Å². The molecule has 0 aromatic rings. The minimum atomic E-state index is -1.74. The summed E-state index contributed by atoms with van der Waals surface area (Å²) in [5.41, 5.74) is 5.04. The van der Waals surface area contributed by atoms with Gasteiger partial charge in [0.05, 0.1) is 6.61 Å². The molecule has 1 atom stereocenters. The fourth-order valence-corrected chi connectivity index (χ4v) is 7.97. The standard InChI is InChI=1S/C13H26O2Si/c1-10(2)16(11(3)4,12(5)6)8-7-13(15)9-14/h10-15H,9H2,1-6H3/t13-/m0/s1. The van der Waals surface area contributed by atoms with E-state index in [0.29, 0.717) is 16.6 Å². The van der Waals surface area contributed by atoms with Crippen molar-refractivity contribution in [2.45, 2.75) is 64.3 Å². The van der Waals surface area contributed by atoms with Gasteiger partial charge in [0, 0.05) is 0 Å². The molecule has 0 aliphatic heterocycles. The van der Waals surface area contributed by atoms with Crippen molar-refractivity contribution in [3.8, 4) is 11.5 Å². The van der Waals surface area contributed by atoms with Crippen molar-refractivity contribution in [2.75, 3.05) is 6.61 Å². The van der Waals surface area contributed by atoms with E-state index in [9.17, 15) is 5.11 Å². The third-order valence-corrected chi connectivity index (χ3v) is 9.80. The van der Waals surface area contributed by atoms with Gasteiger partial charge in [-0.2, -0.15) is 0 Å². The van der Waals surface area contributed by atoms with Crippen LogP contribution in [-0.4, -0.2) is 31.0 Å². The zero-order valence-corrected chi connectivity index (χ0v) is 12.4. The molecule has 0 aliphatic carbocycles. The van der Waals surface area contributed by atoms with Gasteiger partial charge in [0.2, 0.25) is 0 Å². The van der Waals surface area contributed by atoms with Gasteiger partial charge in [-0.1, -0.05) is 47.5 Å². The third kappa shape index (κ3) is 3.34. The SMILES string of the molecule is CC(C)[Si](C#C[C@H](O)CO)(C(C)C)C(C)C. The lowest BCUT2D eigenvalue weighted by molar-refractivity contribution is 0.138. The molecule has 0 aromatic carbocycles. The van der Waals surface area contributed by atoms with Crippen molar-refractivity contribution in [1.82, 2.24) is 0 Å². The Kier molecular flexibility index (Phi) is 6.31. The predicted molar refractivity (Wildman–Crippen MR) is 71.9 cm³/mol. The van der Waals surface area contributed by atoms with Crippen LogP contribution in [0.5, 0.6) is 0 Å². The Morgan fingerprint density at radius 3 is 1.56 bits per heavy atom. The summed E-state index contributed by atoms with van der Waals surface area (Å²) in [4.78, 5) is 0. The first-order chi connectivity index (χ1) is 7.28.